The minimum Gasteiger partial charge on any atom is -0.477 e. The van der Waals surface area contributed by atoms with Gasteiger partial charge in [-0.25, -0.2) is 19.2 Å². The average molecular weight is 646 g/mol. The van der Waals surface area contributed by atoms with Gasteiger partial charge in [0.15, 0.2) is 5.69 Å². The Morgan fingerprint density at radius 2 is 1.71 bits per heavy atom. The molecular weight excluding hydrogens is 601 g/mol. The molecule has 2 fully saturated rings. The Morgan fingerprint density at radius 1 is 0.875 bits per heavy atom. The second-order valence-electron chi connectivity index (χ2n) is 14.0. The Bertz CT molecular complexity index is 2000. The maximum atomic E-state index is 14.9. The minimum atomic E-state index is -1.00. The summed E-state index contributed by atoms with van der Waals surface area (Å²) < 4.78 is 17.2. The molecule has 1 N–H and O–H groups in total. The first-order valence-corrected chi connectivity index (χ1v) is 17.9. The number of hydrogen-bond acceptors (Lipinski definition) is 5. The van der Waals surface area contributed by atoms with E-state index in [1.165, 1.54) is 61.7 Å². The lowest BCUT2D eigenvalue weighted by atomic mass is 9.81. The normalized spacial score (nSPS) is 19.0. The molecule has 5 heterocycles. The van der Waals surface area contributed by atoms with E-state index in [4.69, 9.17) is 9.97 Å². The van der Waals surface area contributed by atoms with Gasteiger partial charge in [-0.3, -0.25) is 0 Å². The Kier molecular flexibility index (Phi) is 8.37. The molecule has 7 nitrogen and oxygen atoms in total. The van der Waals surface area contributed by atoms with Crippen molar-refractivity contribution in [3.63, 3.8) is 0 Å². The van der Waals surface area contributed by atoms with Crippen molar-refractivity contribution in [2.24, 2.45) is 5.92 Å². The van der Waals surface area contributed by atoms with E-state index < -0.39 is 5.97 Å². The number of anilines is 1. The molecule has 48 heavy (non-hydrogen) atoms. The number of carbonyl (C=O) groups is 1. The third kappa shape index (κ3) is 5.54. The summed E-state index contributed by atoms with van der Waals surface area (Å²) in [5, 5.41) is 12.1. The summed E-state index contributed by atoms with van der Waals surface area (Å²) in [6.07, 6.45) is 9.54. The first-order chi connectivity index (χ1) is 23.5. The number of pyridine rings is 2. The van der Waals surface area contributed by atoms with Gasteiger partial charge in [-0.2, -0.15) is 0 Å². The molecule has 8 rings (SSSR count). The smallest absolute Gasteiger partial charge is 0.354 e. The number of hydrogen-bond donors (Lipinski definition) is 1. The van der Waals surface area contributed by atoms with Gasteiger partial charge in [-0.15, -0.1) is 0 Å². The van der Waals surface area contributed by atoms with Crippen LogP contribution in [0.4, 0.5) is 10.1 Å². The van der Waals surface area contributed by atoms with E-state index in [1.807, 2.05) is 18.2 Å². The number of nitrogens with zero attached hydrogens (tertiary/aromatic N) is 5. The van der Waals surface area contributed by atoms with Crippen LogP contribution in [0.15, 0.2) is 60.7 Å². The number of benzene rings is 2. The van der Waals surface area contributed by atoms with Crippen LogP contribution in [0.3, 0.4) is 0 Å². The van der Waals surface area contributed by atoms with Crippen molar-refractivity contribution in [2.75, 3.05) is 37.6 Å². The number of aromatic nitrogens is 3. The fourth-order valence-corrected chi connectivity index (χ4v) is 8.78. The highest BCUT2D eigenvalue weighted by molar-refractivity contribution is 6.04. The van der Waals surface area contributed by atoms with Crippen LogP contribution in [-0.2, 0) is 6.54 Å². The van der Waals surface area contributed by atoms with Crippen molar-refractivity contribution >= 4 is 33.6 Å². The van der Waals surface area contributed by atoms with E-state index in [9.17, 15) is 14.3 Å². The van der Waals surface area contributed by atoms with Crippen LogP contribution < -0.4 is 4.90 Å². The second kappa shape index (κ2) is 13.0. The van der Waals surface area contributed by atoms with Crippen LogP contribution in [0.5, 0.6) is 0 Å². The van der Waals surface area contributed by atoms with Gasteiger partial charge < -0.3 is 19.5 Å². The van der Waals surface area contributed by atoms with Gasteiger partial charge in [0.2, 0.25) is 0 Å². The number of likely N-dealkylation sites (tertiary alicyclic amines) is 1. The molecule has 1 saturated carbocycles. The van der Waals surface area contributed by atoms with E-state index in [0.717, 1.165) is 79.5 Å². The second-order valence-corrected chi connectivity index (χ2v) is 14.0. The van der Waals surface area contributed by atoms with E-state index >= 15 is 0 Å². The molecule has 1 atom stereocenters. The van der Waals surface area contributed by atoms with Gasteiger partial charge in [0, 0.05) is 48.1 Å². The van der Waals surface area contributed by atoms with Gasteiger partial charge in [0.05, 0.1) is 22.6 Å². The molecule has 248 valence electrons. The number of rotatable bonds is 7. The molecule has 0 radical (unpaired) electrons. The fraction of sp³-hybridized carbons (Fsp3) is 0.425. The Labute approximate surface area is 281 Å². The molecule has 2 aliphatic heterocycles. The molecule has 5 aromatic rings. The molecule has 8 heteroatoms. The van der Waals surface area contributed by atoms with Gasteiger partial charge in [0.1, 0.15) is 11.5 Å². The summed E-state index contributed by atoms with van der Waals surface area (Å²) in [5.74, 6) is -0.222. The Balaban J connectivity index is 1.31. The van der Waals surface area contributed by atoms with E-state index in [0.29, 0.717) is 23.1 Å². The first-order valence-electron chi connectivity index (χ1n) is 17.9. The van der Waals surface area contributed by atoms with Gasteiger partial charge in [0.25, 0.3) is 0 Å². The molecule has 0 bridgehead atoms. The quantitative estimate of drug-likeness (QED) is 0.191. The fourth-order valence-electron chi connectivity index (χ4n) is 8.78. The van der Waals surface area contributed by atoms with E-state index in [-0.39, 0.29) is 11.5 Å². The van der Waals surface area contributed by atoms with Crippen LogP contribution in [0, 0.1) is 11.7 Å². The van der Waals surface area contributed by atoms with Crippen molar-refractivity contribution in [1.82, 2.24) is 19.4 Å². The summed E-state index contributed by atoms with van der Waals surface area (Å²) >= 11 is 0. The average Bonchev–Trinajstić information content (AvgIpc) is 3.35. The van der Waals surface area contributed by atoms with Crippen molar-refractivity contribution in [2.45, 2.75) is 70.8 Å². The van der Waals surface area contributed by atoms with Crippen molar-refractivity contribution in [3.8, 4) is 22.5 Å². The summed E-state index contributed by atoms with van der Waals surface area (Å²) in [6, 6.07) is 18.9. The van der Waals surface area contributed by atoms with E-state index in [1.54, 1.807) is 18.2 Å². The highest BCUT2D eigenvalue weighted by Gasteiger charge is 2.33. The van der Waals surface area contributed by atoms with Gasteiger partial charge >= 0.3 is 5.97 Å². The number of piperidine rings is 1. The molecule has 1 saturated heterocycles. The number of carboxylic acid groups (broad SMARTS) is 1. The molecule has 1 aliphatic carbocycles. The molecular formula is C40H44FN5O2. The third-order valence-corrected chi connectivity index (χ3v) is 11.2. The van der Waals surface area contributed by atoms with E-state index in [2.05, 4.69) is 39.5 Å². The predicted molar refractivity (Wildman–Crippen MR) is 190 cm³/mol. The maximum absolute atomic E-state index is 14.9. The molecule has 0 amide bonds. The Hall–Kier alpha value is -4.30. The molecule has 0 spiro atoms. The topological polar surface area (TPSA) is 74.5 Å². The number of fused-ring (bicyclic) bond motifs is 7. The van der Waals surface area contributed by atoms with Crippen molar-refractivity contribution in [1.29, 1.82) is 0 Å². The van der Waals surface area contributed by atoms with Crippen LogP contribution in [0.1, 0.15) is 80.3 Å². The highest BCUT2D eigenvalue weighted by atomic mass is 19.1. The zero-order chi connectivity index (χ0) is 32.8. The monoisotopic (exact) mass is 645 g/mol. The van der Waals surface area contributed by atoms with Gasteiger partial charge in [-0.05, 0) is 111 Å². The number of carboxylic acids is 1. The molecule has 1 unspecified atom stereocenters. The SMILES string of the molecule is CCN1CCCC(CCN2CCn3c(c(C4CCCCC4)c4ccc(C(=O)O)nc43)-c3ccc4nc(-c5ccccc5F)ccc4c32)C1. The lowest BCUT2D eigenvalue weighted by molar-refractivity contribution is 0.0691. The largest absolute Gasteiger partial charge is 0.477 e. The lowest BCUT2D eigenvalue weighted by Crippen LogP contribution is -2.37. The van der Waals surface area contributed by atoms with Crippen molar-refractivity contribution in [3.05, 3.63) is 77.7 Å². The number of halogens is 1. The summed E-state index contributed by atoms with van der Waals surface area (Å²) in [7, 11) is 0. The van der Waals surface area contributed by atoms with Crippen LogP contribution in [-0.4, -0.2) is 63.2 Å². The zero-order valence-corrected chi connectivity index (χ0v) is 27.8. The number of aromatic carboxylic acids is 1. The first kappa shape index (κ1) is 31.0. The molecule has 3 aromatic heterocycles. The van der Waals surface area contributed by atoms with Crippen molar-refractivity contribution < 1.29 is 14.3 Å². The highest BCUT2D eigenvalue weighted by Crippen LogP contribution is 2.49. The lowest BCUT2D eigenvalue weighted by Gasteiger charge is -2.34. The summed E-state index contributed by atoms with van der Waals surface area (Å²) in [5.41, 5.74) is 7.68. The Morgan fingerprint density at radius 3 is 2.52 bits per heavy atom. The standard InChI is InChI=1S/C40H44FN5O2/c1-2-44-21-8-9-26(25-44)20-22-45-23-24-46-38(36(27-10-4-3-5-11-27)30-15-19-35(40(47)48)43-39(30)46)31-16-18-34-29(37(31)45)14-17-33(42-34)28-12-6-7-13-32(28)41/h6-7,12-19,26-27H,2-5,8-11,20-25H2,1H3,(H,47,48). The van der Waals surface area contributed by atoms with Gasteiger partial charge in [-0.1, -0.05) is 38.3 Å². The summed E-state index contributed by atoms with van der Waals surface area (Å²) in [6.45, 7) is 8.13. The van der Waals surface area contributed by atoms with Crippen LogP contribution in [0.2, 0.25) is 0 Å². The van der Waals surface area contributed by atoms with Crippen LogP contribution in [0.25, 0.3) is 44.5 Å². The zero-order valence-electron chi connectivity index (χ0n) is 27.8. The molecule has 3 aliphatic rings. The minimum absolute atomic E-state index is 0.0838. The maximum Gasteiger partial charge on any atom is 0.354 e. The van der Waals surface area contributed by atoms with Crippen LogP contribution >= 0.6 is 0 Å². The molecule has 2 aromatic carbocycles. The summed E-state index contributed by atoms with van der Waals surface area (Å²) in [4.78, 5) is 27.1. The predicted octanol–water partition coefficient (Wildman–Crippen LogP) is 8.75. The third-order valence-electron chi connectivity index (χ3n) is 11.2.